The number of hydrogen-bond donors (Lipinski definition) is 0. The van der Waals surface area contributed by atoms with Gasteiger partial charge in [0.15, 0.2) is 0 Å². The van der Waals surface area contributed by atoms with E-state index in [1.54, 1.807) is 0 Å². The molecule has 1 saturated carbocycles. The highest BCUT2D eigenvalue weighted by Gasteiger charge is 2.25. The second-order valence-electron chi connectivity index (χ2n) is 6.16. The lowest BCUT2D eigenvalue weighted by Gasteiger charge is -2.32. The highest BCUT2D eigenvalue weighted by molar-refractivity contribution is 9.10. The number of fused-ring (bicyclic) bond motifs is 1. The van der Waals surface area contributed by atoms with Crippen LogP contribution in [-0.2, 0) is 0 Å². The molecule has 2 heteroatoms. The van der Waals surface area contributed by atoms with Crippen molar-refractivity contribution in [2.45, 2.75) is 39.2 Å². The fourth-order valence-corrected chi connectivity index (χ4v) is 3.44. The molecule has 1 aliphatic carbocycles. The van der Waals surface area contributed by atoms with Crippen LogP contribution in [0.2, 0.25) is 0 Å². The maximum absolute atomic E-state index is 6.20. The van der Waals surface area contributed by atoms with E-state index < -0.39 is 0 Å². The van der Waals surface area contributed by atoms with Crippen molar-refractivity contribution < 1.29 is 4.74 Å². The Hall–Kier alpha value is -1.02. The third kappa shape index (κ3) is 3.01. The van der Waals surface area contributed by atoms with E-state index in [4.69, 9.17) is 4.74 Å². The van der Waals surface area contributed by atoms with Gasteiger partial charge in [-0.2, -0.15) is 0 Å². The van der Waals surface area contributed by atoms with Crippen LogP contribution in [0.15, 0.2) is 40.9 Å². The lowest BCUT2D eigenvalue weighted by atomic mass is 9.80. The van der Waals surface area contributed by atoms with Gasteiger partial charge in [0.1, 0.15) is 5.75 Å². The molecule has 1 fully saturated rings. The van der Waals surface area contributed by atoms with Gasteiger partial charge in [-0.15, -0.1) is 0 Å². The summed E-state index contributed by atoms with van der Waals surface area (Å²) in [5.74, 6) is 2.61. The van der Waals surface area contributed by atoms with Crippen molar-refractivity contribution in [3.05, 3.63) is 40.9 Å². The Kier molecular flexibility index (Phi) is 4.02. The van der Waals surface area contributed by atoms with Gasteiger partial charge in [0.05, 0.1) is 6.10 Å². The normalized spacial score (nSPS) is 26.6. The average molecular weight is 333 g/mol. The molecule has 2 aromatic rings. The number of ether oxygens (including phenoxy) is 1. The predicted molar refractivity (Wildman–Crippen MR) is 88.2 cm³/mol. The second-order valence-corrected chi connectivity index (χ2v) is 7.08. The lowest BCUT2D eigenvalue weighted by Crippen LogP contribution is -2.28. The van der Waals surface area contributed by atoms with Crippen LogP contribution in [0, 0.1) is 11.8 Å². The molecule has 0 bridgehead atoms. The maximum Gasteiger partial charge on any atom is 0.120 e. The fourth-order valence-electron chi connectivity index (χ4n) is 3.07. The monoisotopic (exact) mass is 332 g/mol. The number of halogens is 1. The van der Waals surface area contributed by atoms with Crippen molar-refractivity contribution in [2.75, 3.05) is 0 Å². The minimum absolute atomic E-state index is 0.383. The van der Waals surface area contributed by atoms with Gasteiger partial charge < -0.3 is 4.74 Å². The topological polar surface area (TPSA) is 9.23 Å². The van der Waals surface area contributed by atoms with Gasteiger partial charge >= 0.3 is 0 Å². The third-order valence-corrected chi connectivity index (χ3v) is 5.12. The smallest absolute Gasteiger partial charge is 0.120 e. The molecule has 1 nitrogen and oxygen atoms in total. The highest BCUT2D eigenvalue weighted by Crippen LogP contribution is 2.32. The number of benzene rings is 2. The summed E-state index contributed by atoms with van der Waals surface area (Å²) in [6, 6.07) is 12.8. The molecule has 0 radical (unpaired) electrons. The predicted octanol–water partition coefficient (Wildman–Crippen LogP) is 5.81. The molecule has 106 valence electrons. The largest absolute Gasteiger partial charge is 0.490 e. The molecule has 3 rings (SSSR count). The Labute approximate surface area is 129 Å². The zero-order valence-corrected chi connectivity index (χ0v) is 13.7. The molecule has 0 N–H and O–H groups in total. The maximum atomic E-state index is 6.20. The molecule has 0 aliphatic heterocycles. The molecule has 0 heterocycles. The summed E-state index contributed by atoms with van der Waals surface area (Å²) < 4.78 is 7.32. The molecule has 0 aromatic heterocycles. The highest BCUT2D eigenvalue weighted by atomic mass is 79.9. The van der Waals surface area contributed by atoms with Gasteiger partial charge in [-0.25, -0.2) is 0 Å². The molecule has 1 aliphatic rings. The van der Waals surface area contributed by atoms with Crippen molar-refractivity contribution in [2.24, 2.45) is 11.8 Å². The molecule has 0 amide bonds. The van der Waals surface area contributed by atoms with Crippen LogP contribution in [0.5, 0.6) is 5.75 Å². The van der Waals surface area contributed by atoms with Crippen LogP contribution in [0.3, 0.4) is 0 Å². The van der Waals surface area contributed by atoms with Gasteiger partial charge in [0.25, 0.3) is 0 Å². The van der Waals surface area contributed by atoms with E-state index in [1.807, 2.05) is 0 Å². The quantitative estimate of drug-likeness (QED) is 0.674. The van der Waals surface area contributed by atoms with Crippen LogP contribution >= 0.6 is 15.9 Å². The van der Waals surface area contributed by atoms with E-state index in [1.165, 1.54) is 30.0 Å². The van der Waals surface area contributed by atoms with Crippen molar-refractivity contribution in [3.63, 3.8) is 0 Å². The van der Waals surface area contributed by atoms with E-state index in [9.17, 15) is 0 Å². The summed E-state index contributed by atoms with van der Waals surface area (Å²) in [4.78, 5) is 0. The Balaban J connectivity index is 1.76. The molecule has 20 heavy (non-hydrogen) atoms. The Morgan fingerprint density at radius 2 is 1.70 bits per heavy atom. The zero-order chi connectivity index (χ0) is 14.1. The molecule has 3 unspecified atom stereocenters. The molecular weight excluding hydrogens is 312 g/mol. The first-order valence-electron chi connectivity index (χ1n) is 7.48. The van der Waals surface area contributed by atoms with E-state index in [0.29, 0.717) is 6.10 Å². The summed E-state index contributed by atoms with van der Waals surface area (Å²) in [6.45, 7) is 4.70. The first-order valence-corrected chi connectivity index (χ1v) is 8.27. The Morgan fingerprint density at radius 1 is 0.950 bits per heavy atom. The van der Waals surface area contributed by atoms with Gasteiger partial charge in [-0.3, -0.25) is 0 Å². The van der Waals surface area contributed by atoms with Crippen LogP contribution in [-0.4, -0.2) is 6.10 Å². The van der Waals surface area contributed by atoms with Gasteiger partial charge in [-0.05, 0) is 66.1 Å². The first-order chi connectivity index (χ1) is 9.61. The van der Waals surface area contributed by atoms with Crippen molar-refractivity contribution >= 4 is 26.7 Å². The lowest BCUT2D eigenvalue weighted by molar-refractivity contribution is 0.101. The molecule has 0 saturated heterocycles. The summed E-state index contributed by atoms with van der Waals surface area (Å²) >= 11 is 3.51. The minimum Gasteiger partial charge on any atom is -0.490 e. The van der Waals surface area contributed by atoms with Gasteiger partial charge in [-0.1, -0.05) is 41.9 Å². The van der Waals surface area contributed by atoms with E-state index in [-0.39, 0.29) is 0 Å². The summed E-state index contributed by atoms with van der Waals surface area (Å²) in [6.07, 6.45) is 4.03. The van der Waals surface area contributed by atoms with Crippen LogP contribution in [0.4, 0.5) is 0 Å². The van der Waals surface area contributed by atoms with Gasteiger partial charge in [0.2, 0.25) is 0 Å². The van der Waals surface area contributed by atoms with Gasteiger partial charge in [0, 0.05) is 4.47 Å². The molecular formula is C18H21BrO. The standard InChI is InChI=1S/C18H21BrO/c1-12-3-7-17(9-13(12)2)20-18-8-5-14-10-16(19)6-4-15(14)11-18/h4-6,8,10-13,17H,3,7,9H2,1-2H3. The number of hydrogen-bond acceptors (Lipinski definition) is 1. The molecule has 0 spiro atoms. The third-order valence-electron chi connectivity index (χ3n) is 4.63. The van der Waals surface area contributed by atoms with Crippen LogP contribution in [0.1, 0.15) is 33.1 Å². The second kappa shape index (κ2) is 5.77. The Bertz CT molecular complexity index is 607. The Morgan fingerprint density at radius 3 is 2.50 bits per heavy atom. The average Bonchev–Trinajstić information content (AvgIpc) is 2.43. The molecule has 2 aromatic carbocycles. The fraction of sp³-hybridized carbons (Fsp3) is 0.444. The van der Waals surface area contributed by atoms with Crippen molar-refractivity contribution in [1.82, 2.24) is 0 Å². The number of rotatable bonds is 2. The minimum atomic E-state index is 0.383. The van der Waals surface area contributed by atoms with E-state index in [0.717, 1.165) is 22.1 Å². The van der Waals surface area contributed by atoms with Crippen LogP contribution in [0.25, 0.3) is 10.8 Å². The summed E-state index contributed by atoms with van der Waals surface area (Å²) in [5, 5.41) is 2.49. The van der Waals surface area contributed by atoms with E-state index >= 15 is 0 Å². The zero-order valence-electron chi connectivity index (χ0n) is 12.1. The SMILES string of the molecule is CC1CCC(Oc2ccc3cc(Br)ccc3c2)CC1C. The van der Waals surface area contributed by atoms with Crippen LogP contribution < -0.4 is 4.74 Å². The first kappa shape index (κ1) is 13.9. The van der Waals surface area contributed by atoms with Crippen molar-refractivity contribution in [3.8, 4) is 5.75 Å². The summed E-state index contributed by atoms with van der Waals surface area (Å²) in [5.41, 5.74) is 0. The van der Waals surface area contributed by atoms with E-state index in [2.05, 4.69) is 66.2 Å². The summed E-state index contributed by atoms with van der Waals surface area (Å²) in [7, 11) is 0. The molecule has 3 atom stereocenters. The van der Waals surface area contributed by atoms with Crippen molar-refractivity contribution in [1.29, 1.82) is 0 Å².